The van der Waals surface area contributed by atoms with Crippen LogP contribution in [0.25, 0.3) is 0 Å². The van der Waals surface area contributed by atoms with Gasteiger partial charge in [-0.05, 0) is 62.2 Å². The quantitative estimate of drug-likeness (QED) is 0.255. The van der Waals surface area contributed by atoms with E-state index in [9.17, 15) is 18.0 Å². The van der Waals surface area contributed by atoms with Crippen molar-refractivity contribution < 1.29 is 18.0 Å². The first-order chi connectivity index (χ1) is 19.5. The Morgan fingerprint density at radius 2 is 1.54 bits per heavy atom. The smallest absolute Gasteiger partial charge is 0.264 e. The van der Waals surface area contributed by atoms with E-state index in [0.29, 0.717) is 15.6 Å². The molecule has 0 unspecified atom stereocenters. The van der Waals surface area contributed by atoms with Crippen molar-refractivity contribution in [3.05, 3.63) is 92.4 Å². The first-order valence-corrected chi connectivity index (χ1v) is 16.0. The minimum absolute atomic E-state index is 0.0195. The van der Waals surface area contributed by atoms with Crippen molar-refractivity contribution in [2.24, 2.45) is 0 Å². The van der Waals surface area contributed by atoms with Crippen LogP contribution in [0.1, 0.15) is 38.2 Å². The molecule has 1 aliphatic rings. The maximum absolute atomic E-state index is 14.1. The molecular weight excluding hydrogens is 628 g/mol. The fourth-order valence-electron chi connectivity index (χ4n) is 4.74. The minimum atomic E-state index is -4.29. The molecule has 3 aromatic carbocycles. The van der Waals surface area contributed by atoms with Gasteiger partial charge in [-0.25, -0.2) is 8.42 Å². The summed E-state index contributed by atoms with van der Waals surface area (Å²) in [6.07, 6.45) is 3.76. The molecule has 218 valence electrons. The van der Waals surface area contributed by atoms with Crippen molar-refractivity contribution in [3.63, 3.8) is 0 Å². The summed E-state index contributed by atoms with van der Waals surface area (Å²) in [4.78, 5) is 28.7. The second-order valence-corrected chi connectivity index (χ2v) is 13.3. The summed E-state index contributed by atoms with van der Waals surface area (Å²) < 4.78 is 28.7. The zero-order chi connectivity index (χ0) is 29.7. The fourth-order valence-corrected chi connectivity index (χ4v) is 7.14. The number of nitrogens with zero attached hydrogens (tertiary/aromatic N) is 2. The molecule has 0 radical (unpaired) electrons. The van der Waals surface area contributed by atoms with Crippen LogP contribution in [0.15, 0.2) is 71.6 Å². The molecule has 1 N–H and O–H groups in total. The van der Waals surface area contributed by atoms with Crippen molar-refractivity contribution in [3.8, 4) is 0 Å². The molecule has 1 aliphatic carbocycles. The average Bonchev–Trinajstić information content (AvgIpc) is 3.46. The molecule has 0 heterocycles. The van der Waals surface area contributed by atoms with E-state index in [-0.39, 0.29) is 39.1 Å². The Balaban J connectivity index is 1.74. The molecule has 0 aliphatic heterocycles. The number of benzene rings is 3. The molecule has 1 fully saturated rings. The zero-order valence-electron chi connectivity index (χ0n) is 22.2. The van der Waals surface area contributed by atoms with E-state index >= 15 is 0 Å². The van der Waals surface area contributed by atoms with Gasteiger partial charge in [0.15, 0.2) is 0 Å². The molecule has 0 saturated heterocycles. The molecule has 41 heavy (non-hydrogen) atoms. The predicted octanol–water partition coefficient (Wildman–Crippen LogP) is 6.97. The number of anilines is 1. The highest BCUT2D eigenvalue weighted by atomic mass is 35.5. The Hall–Kier alpha value is -2.49. The van der Waals surface area contributed by atoms with Gasteiger partial charge in [-0.3, -0.25) is 13.9 Å². The summed E-state index contributed by atoms with van der Waals surface area (Å²) in [5.74, 6) is -1.02. The molecule has 1 saturated carbocycles. The number of carbonyl (C=O) groups is 2. The summed E-state index contributed by atoms with van der Waals surface area (Å²) in [6, 6.07) is 16.0. The highest BCUT2D eigenvalue weighted by molar-refractivity contribution is 7.92. The fraction of sp³-hybridized carbons (Fsp3) is 0.310. The Labute approximate surface area is 260 Å². The van der Waals surface area contributed by atoms with Crippen LogP contribution in [-0.2, 0) is 26.2 Å². The monoisotopic (exact) mass is 655 g/mol. The molecule has 12 heteroatoms. The van der Waals surface area contributed by atoms with E-state index in [1.807, 2.05) is 0 Å². The average molecular weight is 657 g/mol. The molecule has 1 atom stereocenters. The third-order valence-corrected chi connectivity index (χ3v) is 10.1. The summed E-state index contributed by atoms with van der Waals surface area (Å²) >= 11 is 25.5. The van der Waals surface area contributed by atoms with Gasteiger partial charge < -0.3 is 10.2 Å². The van der Waals surface area contributed by atoms with E-state index in [4.69, 9.17) is 46.4 Å². The highest BCUT2D eigenvalue weighted by Gasteiger charge is 2.34. The number of halogens is 4. The Morgan fingerprint density at radius 1 is 0.902 bits per heavy atom. The molecular formula is C29H29Cl4N3O4S. The number of amides is 2. The number of sulfonamides is 1. The van der Waals surface area contributed by atoms with Crippen LogP contribution in [0.3, 0.4) is 0 Å². The third kappa shape index (κ3) is 7.48. The molecule has 7 nitrogen and oxygen atoms in total. The lowest BCUT2D eigenvalue weighted by molar-refractivity contribution is -0.139. The Morgan fingerprint density at radius 3 is 2.17 bits per heavy atom. The molecule has 0 bridgehead atoms. The summed E-state index contributed by atoms with van der Waals surface area (Å²) in [7, 11) is -4.29. The van der Waals surface area contributed by atoms with Crippen molar-refractivity contribution in [1.29, 1.82) is 0 Å². The van der Waals surface area contributed by atoms with Gasteiger partial charge in [0, 0.05) is 33.2 Å². The number of hydrogen-bond acceptors (Lipinski definition) is 4. The number of rotatable bonds is 10. The van der Waals surface area contributed by atoms with E-state index in [1.165, 1.54) is 35.2 Å². The lowest BCUT2D eigenvalue weighted by Gasteiger charge is -2.33. The topological polar surface area (TPSA) is 86.8 Å². The van der Waals surface area contributed by atoms with Crippen LogP contribution in [0.5, 0.6) is 0 Å². The van der Waals surface area contributed by atoms with Gasteiger partial charge in [-0.15, -0.1) is 0 Å². The lowest BCUT2D eigenvalue weighted by Crippen LogP contribution is -2.52. The maximum Gasteiger partial charge on any atom is 0.264 e. The van der Waals surface area contributed by atoms with Gasteiger partial charge in [-0.2, -0.15) is 0 Å². The van der Waals surface area contributed by atoms with Crippen molar-refractivity contribution >= 4 is 73.9 Å². The SMILES string of the molecule is C[C@@H](C(=O)NC1CCCC1)N(Cc1c(Cl)cccc1Cl)C(=O)CN(c1cc(Cl)ccc1Cl)S(=O)(=O)c1ccccc1. The van der Waals surface area contributed by atoms with Crippen molar-refractivity contribution in [2.75, 3.05) is 10.8 Å². The van der Waals surface area contributed by atoms with Crippen LogP contribution in [-0.4, -0.2) is 43.8 Å². The van der Waals surface area contributed by atoms with Crippen molar-refractivity contribution in [2.45, 2.75) is 56.1 Å². The largest absolute Gasteiger partial charge is 0.352 e. The molecule has 0 spiro atoms. The number of nitrogens with one attached hydrogen (secondary N) is 1. The molecule has 4 rings (SSSR count). The van der Waals surface area contributed by atoms with Crippen LogP contribution in [0.4, 0.5) is 5.69 Å². The van der Waals surface area contributed by atoms with Gasteiger partial charge in [-0.1, -0.05) is 83.5 Å². The van der Waals surface area contributed by atoms with Gasteiger partial charge in [0.05, 0.1) is 15.6 Å². The second kappa shape index (κ2) is 13.7. The van der Waals surface area contributed by atoms with E-state index in [2.05, 4.69) is 5.32 Å². The maximum atomic E-state index is 14.1. The Kier molecular flexibility index (Phi) is 10.5. The highest BCUT2D eigenvalue weighted by Crippen LogP contribution is 2.34. The first kappa shape index (κ1) is 31.4. The standard InChI is InChI=1S/C29H29Cl4N3O4S/c1-19(29(38)34-21-8-5-6-9-21)35(17-23-24(31)12-7-13-25(23)32)28(37)18-36(27-16-20(30)14-15-26(27)33)41(39,40)22-10-3-2-4-11-22/h2-4,7,10-16,19,21H,5-6,8-9,17-18H2,1H3,(H,34,38)/t19-/m0/s1. The third-order valence-electron chi connectivity index (χ3n) is 7.05. The predicted molar refractivity (Wildman–Crippen MR) is 164 cm³/mol. The van der Waals surface area contributed by atoms with E-state index in [0.717, 1.165) is 30.0 Å². The van der Waals surface area contributed by atoms with Crippen LogP contribution < -0.4 is 9.62 Å². The number of carbonyl (C=O) groups excluding carboxylic acids is 2. The zero-order valence-corrected chi connectivity index (χ0v) is 26.0. The summed E-state index contributed by atoms with van der Waals surface area (Å²) in [5, 5.41) is 3.95. The summed E-state index contributed by atoms with van der Waals surface area (Å²) in [5.41, 5.74) is 0.457. The van der Waals surface area contributed by atoms with Crippen molar-refractivity contribution in [1.82, 2.24) is 10.2 Å². The second-order valence-electron chi connectivity index (χ2n) is 9.81. The minimum Gasteiger partial charge on any atom is -0.352 e. The van der Waals surface area contributed by atoms with Crippen LogP contribution in [0, 0.1) is 0 Å². The van der Waals surface area contributed by atoms with Crippen LogP contribution in [0.2, 0.25) is 20.1 Å². The summed E-state index contributed by atoms with van der Waals surface area (Å²) in [6.45, 7) is 0.800. The van der Waals surface area contributed by atoms with Gasteiger partial charge in [0.25, 0.3) is 10.0 Å². The van der Waals surface area contributed by atoms with Crippen LogP contribution >= 0.6 is 46.4 Å². The van der Waals surface area contributed by atoms with Gasteiger partial charge in [0.2, 0.25) is 11.8 Å². The van der Waals surface area contributed by atoms with E-state index in [1.54, 1.807) is 43.3 Å². The molecule has 0 aromatic heterocycles. The van der Waals surface area contributed by atoms with E-state index < -0.39 is 28.5 Å². The Bertz CT molecular complexity index is 1500. The molecule has 2 amide bonds. The van der Waals surface area contributed by atoms with Gasteiger partial charge in [0.1, 0.15) is 12.6 Å². The van der Waals surface area contributed by atoms with Gasteiger partial charge >= 0.3 is 0 Å². The first-order valence-electron chi connectivity index (χ1n) is 13.0. The lowest BCUT2D eigenvalue weighted by atomic mass is 10.1. The molecule has 3 aromatic rings. The normalized spacial score (nSPS) is 14.5. The number of hydrogen-bond donors (Lipinski definition) is 1.